The van der Waals surface area contributed by atoms with E-state index in [-0.39, 0.29) is 10.8 Å². The normalized spacial score (nSPS) is 14.1. The Labute approximate surface area is 433 Å². The number of nitrogens with zero attached hydrogens (tertiary/aromatic N) is 4. The van der Waals surface area contributed by atoms with E-state index in [4.69, 9.17) is 14.4 Å². The van der Waals surface area contributed by atoms with Crippen molar-refractivity contribution in [3.05, 3.63) is 241 Å². The van der Waals surface area contributed by atoms with Gasteiger partial charge in [0, 0.05) is 60.3 Å². The molecule has 2 aliphatic carbocycles. The summed E-state index contributed by atoms with van der Waals surface area (Å²) in [4.78, 5) is 11.2. The second kappa shape index (κ2) is 15.1. The van der Waals surface area contributed by atoms with Gasteiger partial charge in [-0.15, -0.1) is 0 Å². The fraction of sp³-hybridized carbons (Fsp3) is 0.0857. The first kappa shape index (κ1) is 42.2. The van der Waals surface area contributed by atoms with Crippen LogP contribution in [0.5, 0.6) is 0 Å². The first-order valence-corrected chi connectivity index (χ1v) is 26.1. The van der Waals surface area contributed by atoms with E-state index in [9.17, 15) is 0 Å². The van der Waals surface area contributed by atoms with Gasteiger partial charge in [0.2, 0.25) is 5.71 Å². The first-order chi connectivity index (χ1) is 36.7. The zero-order chi connectivity index (χ0) is 49.9. The van der Waals surface area contributed by atoms with Crippen LogP contribution in [0.15, 0.2) is 223 Å². The third kappa shape index (κ3) is 5.78. The van der Waals surface area contributed by atoms with Gasteiger partial charge in [-0.25, -0.2) is 4.98 Å². The van der Waals surface area contributed by atoms with Gasteiger partial charge in [-0.05, 0) is 122 Å². The largest absolute Gasteiger partial charge is 0.438 e. The summed E-state index contributed by atoms with van der Waals surface area (Å²) >= 11 is 0. The third-order valence-corrected chi connectivity index (χ3v) is 17.0. The third-order valence-electron chi connectivity index (χ3n) is 17.0. The van der Waals surface area contributed by atoms with Crippen LogP contribution >= 0.6 is 0 Å². The van der Waals surface area contributed by atoms with Crippen molar-refractivity contribution >= 4 is 65.7 Å². The van der Waals surface area contributed by atoms with E-state index in [0.29, 0.717) is 11.5 Å². The molecule has 4 heterocycles. The Bertz CT molecular complexity index is 4770. The van der Waals surface area contributed by atoms with Gasteiger partial charge in [0.15, 0.2) is 5.82 Å². The maximum absolute atomic E-state index is 6.97. The van der Waals surface area contributed by atoms with Crippen molar-refractivity contribution in [1.82, 2.24) is 19.1 Å². The van der Waals surface area contributed by atoms with Crippen LogP contribution in [0.2, 0.25) is 0 Å². The number of hydrogen-bond donors (Lipinski definition) is 0. The molecule has 0 bridgehead atoms. The molecule has 5 nitrogen and oxygen atoms in total. The highest BCUT2D eigenvalue weighted by molar-refractivity contribution is 6.16. The Morgan fingerprint density at radius 2 is 0.853 bits per heavy atom. The van der Waals surface area contributed by atoms with E-state index in [1.54, 1.807) is 0 Å². The molecule has 0 atom stereocenters. The molecule has 75 heavy (non-hydrogen) atoms. The molecule has 14 aromatic rings. The zero-order valence-corrected chi connectivity index (χ0v) is 42.0. The van der Waals surface area contributed by atoms with E-state index < -0.39 is 0 Å². The van der Waals surface area contributed by atoms with Crippen LogP contribution in [0.3, 0.4) is 0 Å². The van der Waals surface area contributed by atoms with E-state index >= 15 is 0 Å². The van der Waals surface area contributed by atoms with Crippen molar-refractivity contribution in [2.45, 2.75) is 38.5 Å². The lowest BCUT2D eigenvalue weighted by molar-refractivity contribution is 0.653. The molecule has 0 amide bonds. The molecule has 0 N–H and O–H groups in total. The Morgan fingerprint density at radius 3 is 1.48 bits per heavy atom. The molecule has 4 aromatic heterocycles. The summed E-state index contributed by atoms with van der Waals surface area (Å²) in [5.74, 6) is 0.656. The van der Waals surface area contributed by atoms with E-state index in [2.05, 4.69) is 255 Å². The highest BCUT2D eigenvalue weighted by Gasteiger charge is 2.39. The Hall–Kier alpha value is -9.32. The second-order valence-corrected chi connectivity index (χ2v) is 21.7. The minimum absolute atomic E-state index is 0.172. The van der Waals surface area contributed by atoms with Gasteiger partial charge in [-0.1, -0.05) is 179 Å². The second-order valence-electron chi connectivity index (χ2n) is 21.7. The molecular weight excluding hydrogens is 913 g/mol. The lowest BCUT2D eigenvalue weighted by atomic mass is 9.82. The number of benzene rings is 10. The molecule has 0 aliphatic heterocycles. The smallest absolute Gasteiger partial charge is 0.231 e. The Kier molecular flexibility index (Phi) is 8.51. The van der Waals surface area contributed by atoms with Crippen LogP contribution in [0.1, 0.15) is 49.9 Å². The molecule has 0 saturated heterocycles. The van der Waals surface area contributed by atoms with Crippen molar-refractivity contribution in [3.63, 3.8) is 0 Å². The van der Waals surface area contributed by atoms with Crippen LogP contribution in [0.4, 0.5) is 0 Å². The molecule has 10 aromatic carbocycles. The monoisotopic (exact) mass is 960 g/mol. The minimum Gasteiger partial charge on any atom is -0.438 e. The molecule has 0 saturated carbocycles. The highest BCUT2D eigenvalue weighted by atomic mass is 16.3. The Balaban J connectivity index is 0.908. The van der Waals surface area contributed by atoms with Crippen LogP contribution in [0.25, 0.3) is 133 Å². The fourth-order valence-corrected chi connectivity index (χ4v) is 13.4. The Morgan fingerprint density at radius 1 is 0.360 bits per heavy atom. The van der Waals surface area contributed by atoms with Crippen molar-refractivity contribution in [1.29, 1.82) is 0 Å². The molecule has 0 spiro atoms. The number of rotatable bonds is 5. The van der Waals surface area contributed by atoms with Crippen molar-refractivity contribution in [3.8, 4) is 67.4 Å². The van der Waals surface area contributed by atoms with Crippen molar-refractivity contribution in [2.24, 2.45) is 0 Å². The molecule has 16 rings (SSSR count). The zero-order valence-electron chi connectivity index (χ0n) is 42.0. The number of para-hydroxylation sites is 3. The van der Waals surface area contributed by atoms with Gasteiger partial charge in [0.05, 0.1) is 33.1 Å². The van der Waals surface area contributed by atoms with E-state index in [0.717, 1.165) is 55.6 Å². The lowest BCUT2D eigenvalue weighted by Crippen LogP contribution is -2.14. The lowest BCUT2D eigenvalue weighted by Gasteiger charge is -2.21. The van der Waals surface area contributed by atoms with E-state index in [1.807, 2.05) is 0 Å². The maximum atomic E-state index is 6.97. The molecule has 354 valence electrons. The SMILES string of the molecule is CC1(C)c2ccccc2-c2c(-c3nc(-c4cccc5c4-c4ccccc4C5(C)C)c4c(n3)oc3ccc(-n5c6ccccc6c6cc(-c7ccc8c(c7)c7ccccc7n8-c7ccccc7)ccc65)cc34)cccc21. The standard InChI is InChI=1S/C70H48N4O/c1-69(2)54-26-12-8-22-47(54)63-49(24-16-28-56(63)69)66-65-53-40-44(34-37-62(53)75-68(65)72-67(71-66)50-25-17-29-57-64(50)48-23-9-13-27-55(48)70(57,3)4)74-59-31-15-11-21-46(59)52-39-42(33-36-61(52)74)41-32-35-60-51(38-41)45-20-10-14-30-58(45)73(60)43-18-6-5-7-19-43/h5-40H,1-4H3. The quantitative estimate of drug-likeness (QED) is 0.173. The van der Waals surface area contributed by atoms with Gasteiger partial charge >= 0.3 is 0 Å². The summed E-state index contributed by atoms with van der Waals surface area (Å²) in [6.07, 6.45) is 0. The highest BCUT2D eigenvalue weighted by Crippen LogP contribution is 2.55. The summed E-state index contributed by atoms with van der Waals surface area (Å²) in [6.45, 7) is 9.33. The molecule has 0 unspecified atom stereocenters. The fourth-order valence-electron chi connectivity index (χ4n) is 13.4. The number of aromatic nitrogens is 4. The molecule has 0 radical (unpaired) electrons. The predicted octanol–water partition coefficient (Wildman–Crippen LogP) is 18.2. The van der Waals surface area contributed by atoms with Crippen molar-refractivity contribution < 1.29 is 4.42 Å². The minimum atomic E-state index is -0.190. The number of furan rings is 1. The maximum Gasteiger partial charge on any atom is 0.231 e. The topological polar surface area (TPSA) is 48.8 Å². The molecule has 0 fully saturated rings. The summed E-state index contributed by atoms with van der Waals surface area (Å²) in [7, 11) is 0. The van der Waals surface area contributed by atoms with Gasteiger partial charge in [-0.2, -0.15) is 4.98 Å². The van der Waals surface area contributed by atoms with Crippen LogP contribution in [-0.4, -0.2) is 19.1 Å². The van der Waals surface area contributed by atoms with Crippen LogP contribution < -0.4 is 0 Å². The average molecular weight is 961 g/mol. The average Bonchev–Trinajstić information content (AvgIpc) is 4.24. The van der Waals surface area contributed by atoms with Gasteiger partial charge in [-0.3, -0.25) is 0 Å². The van der Waals surface area contributed by atoms with Crippen LogP contribution in [0, 0.1) is 0 Å². The summed E-state index contributed by atoms with van der Waals surface area (Å²) < 4.78 is 11.8. The van der Waals surface area contributed by atoms with Gasteiger partial charge in [0.1, 0.15) is 5.58 Å². The van der Waals surface area contributed by atoms with Crippen molar-refractivity contribution in [2.75, 3.05) is 0 Å². The molecule has 2 aliphatic rings. The number of fused-ring (bicyclic) bond motifs is 15. The summed E-state index contributed by atoms with van der Waals surface area (Å²) in [5, 5.41) is 6.76. The van der Waals surface area contributed by atoms with Gasteiger partial charge < -0.3 is 13.6 Å². The van der Waals surface area contributed by atoms with Crippen LogP contribution in [-0.2, 0) is 10.8 Å². The van der Waals surface area contributed by atoms with Gasteiger partial charge in [0.25, 0.3) is 0 Å². The first-order valence-electron chi connectivity index (χ1n) is 26.1. The summed E-state index contributed by atoms with van der Waals surface area (Å²) in [5.41, 5.74) is 23.3. The summed E-state index contributed by atoms with van der Waals surface area (Å²) in [6, 6.07) is 79.7. The number of hydrogen-bond acceptors (Lipinski definition) is 3. The predicted molar refractivity (Wildman–Crippen MR) is 309 cm³/mol. The molecule has 5 heteroatoms. The van der Waals surface area contributed by atoms with E-state index in [1.165, 1.54) is 88.2 Å². The molecular formula is C70H48N4O.